The van der Waals surface area contributed by atoms with Crippen molar-refractivity contribution in [3.63, 3.8) is 0 Å². The number of benzene rings is 2. The molecule has 2 N–H and O–H groups in total. The van der Waals surface area contributed by atoms with E-state index in [0.29, 0.717) is 32.8 Å². The highest BCUT2D eigenvalue weighted by atomic mass is 16.1. The quantitative estimate of drug-likeness (QED) is 0.388. The molecule has 4 heterocycles. The first kappa shape index (κ1) is 21.4. The van der Waals surface area contributed by atoms with E-state index in [2.05, 4.69) is 36.3 Å². The van der Waals surface area contributed by atoms with E-state index in [4.69, 9.17) is 0 Å². The lowest BCUT2D eigenvalue weighted by Gasteiger charge is -2.12. The molecule has 0 radical (unpaired) electrons. The van der Waals surface area contributed by atoms with Gasteiger partial charge in [0, 0.05) is 32.3 Å². The molecule has 174 valence electrons. The van der Waals surface area contributed by atoms with Gasteiger partial charge in [0.1, 0.15) is 11.3 Å². The fourth-order valence-electron chi connectivity index (χ4n) is 5.30. The van der Waals surface area contributed by atoms with Gasteiger partial charge in [-0.1, -0.05) is 50.6 Å². The third-order valence-electron chi connectivity index (χ3n) is 6.65. The van der Waals surface area contributed by atoms with Crippen LogP contribution in [0.25, 0.3) is 67.9 Å². The monoisotopic (exact) mass is 470 g/mol. The van der Waals surface area contributed by atoms with Crippen LogP contribution in [0.15, 0.2) is 84.5 Å². The van der Waals surface area contributed by atoms with Crippen LogP contribution >= 0.6 is 0 Å². The smallest absolute Gasteiger partial charge is 0.264 e. The van der Waals surface area contributed by atoms with Gasteiger partial charge in [0.15, 0.2) is 0 Å². The van der Waals surface area contributed by atoms with Crippen molar-refractivity contribution in [1.29, 1.82) is 0 Å². The Bertz CT molecular complexity index is 2150. The molecule has 0 bridgehead atoms. The molecule has 6 heteroatoms. The zero-order chi connectivity index (χ0) is 25.1. The van der Waals surface area contributed by atoms with Crippen LogP contribution < -0.4 is 32.5 Å². The molecule has 0 spiro atoms. The van der Waals surface area contributed by atoms with Crippen molar-refractivity contribution in [1.82, 2.24) is 18.8 Å². The van der Waals surface area contributed by atoms with E-state index in [1.165, 1.54) is 0 Å². The van der Waals surface area contributed by atoms with Gasteiger partial charge in [-0.05, 0) is 48.6 Å². The summed E-state index contributed by atoms with van der Waals surface area (Å²) in [6, 6.07) is 7.47. The topological polar surface area (TPSA) is 74.5 Å². The molecule has 0 amide bonds. The van der Waals surface area contributed by atoms with Crippen molar-refractivity contribution in [3.8, 4) is 0 Å². The number of aromatic amines is 2. The first-order chi connectivity index (χ1) is 17.5. The summed E-state index contributed by atoms with van der Waals surface area (Å²) < 4.78 is 3.31. The SMILES string of the molecule is C=C/C=c1/[nH]c2c3ccc4c(=O)n5c(=C/C=C)/c(=C\C=C)[nH]c5c5ccc(c(=O)n2/c1=C/C=C)c3c45. The number of aromatic nitrogens is 4. The molecule has 0 saturated heterocycles. The maximum atomic E-state index is 13.8. The highest BCUT2D eigenvalue weighted by Gasteiger charge is 2.20. The van der Waals surface area contributed by atoms with Gasteiger partial charge < -0.3 is 9.97 Å². The van der Waals surface area contributed by atoms with E-state index in [0.717, 1.165) is 32.2 Å². The molecule has 2 aromatic carbocycles. The Morgan fingerprint density at radius 1 is 0.556 bits per heavy atom. The molecule has 0 atom stereocenters. The standard InChI is InChI=1S/C30H22N4O2/c1-5-9-21-23(11-7-3)33-27(31-21)17-13-15-20-26-18(14-16-19(25(17)26)29(33)35)28-32-22(10-6-2)24(12-8-4)34(28)30(20)36/h5-16,31-32H,1-4H2/b21-9+,22-10+,23-11+,24-12+. The summed E-state index contributed by atoms with van der Waals surface area (Å²) in [4.78, 5) is 34.4. The lowest BCUT2D eigenvalue weighted by Crippen LogP contribution is -2.33. The zero-order valence-corrected chi connectivity index (χ0v) is 19.5. The van der Waals surface area contributed by atoms with Gasteiger partial charge in [-0.25, -0.2) is 0 Å². The Balaban J connectivity index is 1.98. The van der Waals surface area contributed by atoms with Crippen molar-refractivity contribution in [2.45, 2.75) is 0 Å². The number of fused-ring (bicyclic) bond motifs is 4. The molecule has 0 fully saturated rings. The summed E-state index contributed by atoms with van der Waals surface area (Å²) in [5.41, 5.74) is 0.952. The first-order valence-corrected chi connectivity index (χ1v) is 11.4. The molecular weight excluding hydrogens is 448 g/mol. The number of hydrogen-bond donors (Lipinski definition) is 2. The predicted molar refractivity (Wildman–Crippen MR) is 150 cm³/mol. The summed E-state index contributed by atoms with van der Waals surface area (Å²) in [7, 11) is 0. The number of H-pyrrole nitrogens is 2. The van der Waals surface area contributed by atoms with Crippen LogP contribution in [0, 0.1) is 0 Å². The first-order valence-electron chi connectivity index (χ1n) is 11.4. The molecule has 6 rings (SSSR count). The van der Waals surface area contributed by atoms with Gasteiger partial charge in [-0.3, -0.25) is 18.4 Å². The molecule has 0 aliphatic heterocycles. The van der Waals surface area contributed by atoms with Gasteiger partial charge in [0.2, 0.25) is 0 Å². The predicted octanol–water partition coefficient (Wildman–Crippen LogP) is 2.33. The van der Waals surface area contributed by atoms with Crippen LogP contribution in [0.3, 0.4) is 0 Å². The second-order valence-corrected chi connectivity index (χ2v) is 8.51. The molecule has 4 aromatic heterocycles. The maximum absolute atomic E-state index is 13.8. The van der Waals surface area contributed by atoms with Gasteiger partial charge in [0.25, 0.3) is 11.1 Å². The molecule has 0 unspecified atom stereocenters. The second-order valence-electron chi connectivity index (χ2n) is 8.51. The highest BCUT2D eigenvalue weighted by molar-refractivity contribution is 6.27. The molecule has 6 aromatic rings. The summed E-state index contributed by atoms with van der Waals surface area (Å²) in [6.45, 7) is 15.2. The molecule has 0 aliphatic carbocycles. The maximum Gasteiger partial charge on any atom is 0.264 e. The number of allylic oxidation sites excluding steroid dienone is 4. The van der Waals surface area contributed by atoms with Crippen LogP contribution in [0.1, 0.15) is 0 Å². The normalized spacial score (nSPS) is 14.3. The molecule has 0 aliphatic rings. The fourth-order valence-corrected chi connectivity index (χ4v) is 5.30. The van der Waals surface area contributed by atoms with Crippen molar-refractivity contribution in [2.24, 2.45) is 0 Å². The third-order valence-corrected chi connectivity index (χ3v) is 6.65. The van der Waals surface area contributed by atoms with E-state index in [-0.39, 0.29) is 11.1 Å². The van der Waals surface area contributed by atoms with Crippen molar-refractivity contribution in [3.05, 3.63) is 117 Å². The van der Waals surface area contributed by atoms with Crippen molar-refractivity contribution < 1.29 is 0 Å². The fraction of sp³-hybridized carbons (Fsp3) is 0. The van der Waals surface area contributed by atoms with Gasteiger partial charge >= 0.3 is 0 Å². The lowest BCUT2D eigenvalue weighted by molar-refractivity contribution is 1.09. The lowest BCUT2D eigenvalue weighted by atomic mass is 9.96. The van der Waals surface area contributed by atoms with Crippen LogP contribution in [0.5, 0.6) is 0 Å². The number of nitrogens with one attached hydrogen (secondary N) is 2. The van der Waals surface area contributed by atoms with Gasteiger partial charge in [-0.2, -0.15) is 0 Å². The van der Waals surface area contributed by atoms with Crippen LogP contribution in [0.4, 0.5) is 0 Å². The van der Waals surface area contributed by atoms with Crippen LogP contribution in [-0.4, -0.2) is 18.8 Å². The summed E-state index contributed by atoms with van der Waals surface area (Å²) in [5.74, 6) is 0. The molecule has 0 saturated carbocycles. The van der Waals surface area contributed by atoms with E-state index in [9.17, 15) is 9.59 Å². The van der Waals surface area contributed by atoms with E-state index in [1.807, 2.05) is 36.4 Å². The van der Waals surface area contributed by atoms with Gasteiger partial charge in [-0.15, -0.1) is 0 Å². The average Bonchev–Trinajstić information content (AvgIpc) is 3.41. The molecule has 6 nitrogen and oxygen atoms in total. The van der Waals surface area contributed by atoms with E-state index < -0.39 is 0 Å². The van der Waals surface area contributed by atoms with E-state index >= 15 is 0 Å². The van der Waals surface area contributed by atoms with Crippen LogP contribution in [0.2, 0.25) is 0 Å². The largest absolute Gasteiger partial charge is 0.339 e. The summed E-state index contributed by atoms with van der Waals surface area (Å²) >= 11 is 0. The van der Waals surface area contributed by atoms with Crippen LogP contribution in [-0.2, 0) is 0 Å². The van der Waals surface area contributed by atoms with Crippen molar-refractivity contribution in [2.75, 3.05) is 0 Å². The number of pyridine rings is 2. The van der Waals surface area contributed by atoms with E-state index in [1.54, 1.807) is 45.3 Å². The zero-order valence-electron chi connectivity index (χ0n) is 19.5. The summed E-state index contributed by atoms with van der Waals surface area (Å²) in [6.07, 6.45) is 13.9. The minimum Gasteiger partial charge on any atom is -0.339 e. The Morgan fingerprint density at radius 2 is 0.917 bits per heavy atom. The number of hydrogen-bond acceptors (Lipinski definition) is 2. The Kier molecular flexibility index (Phi) is 4.59. The molecular formula is C30H22N4O2. The Labute approximate surface area is 203 Å². The molecule has 36 heavy (non-hydrogen) atoms. The average molecular weight is 471 g/mol. The minimum atomic E-state index is -0.173. The Morgan fingerprint density at radius 3 is 1.28 bits per heavy atom. The second kappa shape index (κ2) is 7.71. The highest BCUT2D eigenvalue weighted by Crippen LogP contribution is 2.33. The third kappa shape index (κ3) is 2.61. The number of nitrogens with zero attached hydrogens (tertiary/aromatic N) is 2. The van der Waals surface area contributed by atoms with Gasteiger partial charge in [0.05, 0.1) is 21.4 Å². The minimum absolute atomic E-state index is 0.173. The number of imidazole rings is 2. The van der Waals surface area contributed by atoms with Crippen molar-refractivity contribution >= 4 is 67.9 Å². The number of rotatable bonds is 4. The summed E-state index contributed by atoms with van der Waals surface area (Å²) in [5, 5.41) is 7.15. The Hall–Kier alpha value is -5.10.